The summed E-state index contributed by atoms with van der Waals surface area (Å²) in [6.45, 7) is 0. The van der Waals surface area contributed by atoms with Gasteiger partial charge in [-0.15, -0.1) is 0 Å². The molecule has 2 unspecified atom stereocenters. The normalized spacial score (nSPS) is 15.1. The van der Waals surface area contributed by atoms with E-state index in [9.17, 15) is 4.21 Å². The van der Waals surface area contributed by atoms with E-state index in [1.54, 1.807) is 13.4 Å². The first kappa shape index (κ1) is 11.4. The van der Waals surface area contributed by atoms with Crippen LogP contribution in [0.2, 0.25) is 0 Å². The van der Waals surface area contributed by atoms with Gasteiger partial charge in [0.05, 0.1) is 0 Å². The van der Waals surface area contributed by atoms with Crippen molar-refractivity contribution in [1.82, 2.24) is 5.32 Å². The van der Waals surface area contributed by atoms with Crippen LogP contribution >= 0.6 is 0 Å². The van der Waals surface area contributed by atoms with Gasteiger partial charge in [-0.2, -0.15) is 0 Å². The van der Waals surface area contributed by atoms with E-state index in [1.807, 2.05) is 31.3 Å². The summed E-state index contributed by atoms with van der Waals surface area (Å²) in [5.74, 6) is 0. The van der Waals surface area contributed by atoms with Crippen LogP contribution in [0.3, 0.4) is 0 Å². The fraction of sp³-hybridized carbons (Fsp3) is 0.400. The Labute approximate surface area is 86.9 Å². The molecule has 0 saturated carbocycles. The van der Waals surface area contributed by atoms with Crippen molar-refractivity contribution in [2.75, 3.05) is 20.4 Å². The molecular weight excluding hydrogens is 198 g/mol. The van der Waals surface area contributed by atoms with Gasteiger partial charge in [-0.05, 0) is 24.7 Å². The molecule has 0 aliphatic carbocycles. The monoisotopic (exact) mass is 213 g/mol. The van der Waals surface area contributed by atoms with Crippen LogP contribution in [0.15, 0.2) is 29.2 Å². The summed E-state index contributed by atoms with van der Waals surface area (Å²) in [6, 6.07) is 7.57. The summed E-state index contributed by atoms with van der Waals surface area (Å²) in [5.41, 5.74) is 0.989. The number of benzene rings is 1. The van der Waals surface area contributed by atoms with Crippen LogP contribution < -0.4 is 5.32 Å². The van der Waals surface area contributed by atoms with Gasteiger partial charge in [0.15, 0.2) is 0 Å². The van der Waals surface area contributed by atoms with E-state index in [-0.39, 0.29) is 6.23 Å². The van der Waals surface area contributed by atoms with Gasteiger partial charge in [-0.1, -0.05) is 12.1 Å². The van der Waals surface area contributed by atoms with Gasteiger partial charge in [0.25, 0.3) is 0 Å². The Morgan fingerprint density at radius 2 is 2.21 bits per heavy atom. The molecule has 0 amide bonds. The lowest BCUT2D eigenvalue weighted by Crippen LogP contribution is -2.18. The summed E-state index contributed by atoms with van der Waals surface area (Å²) in [4.78, 5) is 0.819. The number of rotatable bonds is 4. The molecule has 0 aromatic heterocycles. The molecule has 0 spiro atoms. The van der Waals surface area contributed by atoms with Gasteiger partial charge in [-0.25, -0.2) is 0 Å². The minimum absolute atomic E-state index is 0.140. The molecule has 1 N–H and O–H groups in total. The highest BCUT2D eigenvalue weighted by Gasteiger charge is 2.08. The summed E-state index contributed by atoms with van der Waals surface area (Å²) >= 11 is 0. The van der Waals surface area contributed by atoms with Crippen LogP contribution in [-0.4, -0.2) is 24.6 Å². The summed E-state index contributed by atoms with van der Waals surface area (Å²) in [6.07, 6.45) is 1.53. The maximum atomic E-state index is 11.2. The molecule has 0 heterocycles. The average molecular weight is 213 g/mol. The molecule has 0 bridgehead atoms. The van der Waals surface area contributed by atoms with E-state index in [1.165, 1.54) is 0 Å². The van der Waals surface area contributed by atoms with Gasteiger partial charge in [0, 0.05) is 29.1 Å². The zero-order valence-corrected chi connectivity index (χ0v) is 9.43. The van der Waals surface area contributed by atoms with Gasteiger partial charge in [-0.3, -0.25) is 9.53 Å². The van der Waals surface area contributed by atoms with Crippen molar-refractivity contribution in [3.05, 3.63) is 29.8 Å². The molecule has 4 heteroatoms. The number of hydrogen-bond donors (Lipinski definition) is 1. The molecular formula is C10H15NO2S. The molecule has 78 valence electrons. The quantitative estimate of drug-likeness (QED) is 0.766. The van der Waals surface area contributed by atoms with Gasteiger partial charge >= 0.3 is 0 Å². The first-order valence-corrected chi connectivity index (χ1v) is 5.88. The smallest absolute Gasteiger partial charge is 0.133 e. The van der Waals surface area contributed by atoms with E-state index in [0.717, 1.165) is 10.5 Å². The maximum absolute atomic E-state index is 11.2. The van der Waals surface area contributed by atoms with E-state index >= 15 is 0 Å². The number of hydrogen-bond acceptors (Lipinski definition) is 3. The van der Waals surface area contributed by atoms with Crippen LogP contribution in [0.1, 0.15) is 11.8 Å². The molecule has 2 atom stereocenters. The fourth-order valence-electron chi connectivity index (χ4n) is 1.28. The molecule has 0 saturated heterocycles. The SMILES string of the molecule is CNC(OC)c1cccc(S(C)=O)c1. The van der Waals surface area contributed by atoms with Crippen molar-refractivity contribution in [2.45, 2.75) is 11.1 Å². The fourth-order valence-corrected chi connectivity index (χ4v) is 1.85. The summed E-state index contributed by atoms with van der Waals surface area (Å²) < 4.78 is 16.5. The Hall–Kier alpha value is -0.710. The molecule has 0 radical (unpaired) electrons. The van der Waals surface area contributed by atoms with Crippen molar-refractivity contribution in [1.29, 1.82) is 0 Å². The van der Waals surface area contributed by atoms with Crippen molar-refractivity contribution in [2.24, 2.45) is 0 Å². The second-order valence-corrected chi connectivity index (χ2v) is 4.31. The average Bonchev–Trinajstić information content (AvgIpc) is 2.20. The predicted octanol–water partition coefficient (Wildman–Crippen LogP) is 1.29. The molecule has 1 aromatic rings. The largest absolute Gasteiger partial charge is 0.362 e. The maximum Gasteiger partial charge on any atom is 0.133 e. The standard InChI is InChI=1S/C10H15NO2S/c1-11-10(13-2)8-5-4-6-9(7-8)14(3)12/h4-7,10-11H,1-3H3. The molecule has 1 rings (SSSR count). The second-order valence-electron chi connectivity index (χ2n) is 2.93. The molecule has 14 heavy (non-hydrogen) atoms. The van der Waals surface area contributed by atoms with E-state index in [0.29, 0.717) is 0 Å². The van der Waals surface area contributed by atoms with Crippen LogP contribution in [0.4, 0.5) is 0 Å². The summed E-state index contributed by atoms with van der Waals surface area (Å²) in [7, 11) is 2.52. The van der Waals surface area contributed by atoms with E-state index in [4.69, 9.17) is 4.74 Å². The number of nitrogens with one attached hydrogen (secondary N) is 1. The van der Waals surface area contributed by atoms with Crippen LogP contribution in [0.25, 0.3) is 0 Å². The highest BCUT2D eigenvalue weighted by molar-refractivity contribution is 7.84. The Balaban J connectivity index is 2.98. The lowest BCUT2D eigenvalue weighted by Gasteiger charge is -2.14. The second kappa shape index (κ2) is 5.24. The lowest BCUT2D eigenvalue weighted by atomic mass is 10.2. The van der Waals surface area contributed by atoms with Crippen molar-refractivity contribution in [3.8, 4) is 0 Å². The molecule has 1 aromatic carbocycles. The topological polar surface area (TPSA) is 38.3 Å². The predicted molar refractivity (Wildman–Crippen MR) is 57.6 cm³/mol. The van der Waals surface area contributed by atoms with Crippen molar-refractivity contribution >= 4 is 10.8 Å². The van der Waals surface area contributed by atoms with Gasteiger partial charge < -0.3 is 4.74 Å². The van der Waals surface area contributed by atoms with Crippen LogP contribution in [0.5, 0.6) is 0 Å². The van der Waals surface area contributed by atoms with Gasteiger partial charge in [0.2, 0.25) is 0 Å². The number of methoxy groups -OCH3 is 1. The Kier molecular flexibility index (Phi) is 4.25. The van der Waals surface area contributed by atoms with Crippen molar-refractivity contribution in [3.63, 3.8) is 0 Å². The molecule has 0 fully saturated rings. The first-order chi connectivity index (χ1) is 6.69. The minimum atomic E-state index is -0.943. The molecule has 0 aliphatic rings. The molecule has 0 aliphatic heterocycles. The Morgan fingerprint density at radius 1 is 1.50 bits per heavy atom. The third-order valence-electron chi connectivity index (χ3n) is 1.99. The third-order valence-corrected chi connectivity index (χ3v) is 2.91. The highest BCUT2D eigenvalue weighted by atomic mass is 32.2. The van der Waals surface area contributed by atoms with E-state index < -0.39 is 10.8 Å². The lowest BCUT2D eigenvalue weighted by molar-refractivity contribution is 0.0807. The highest BCUT2D eigenvalue weighted by Crippen LogP contribution is 2.16. The van der Waals surface area contributed by atoms with Crippen LogP contribution in [-0.2, 0) is 15.5 Å². The third kappa shape index (κ3) is 2.64. The first-order valence-electron chi connectivity index (χ1n) is 4.32. The zero-order valence-electron chi connectivity index (χ0n) is 8.61. The van der Waals surface area contributed by atoms with Gasteiger partial charge in [0.1, 0.15) is 6.23 Å². The zero-order chi connectivity index (χ0) is 10.6. The summed E-state index contributed by atoms with van der Waals surface area (Å²) in [5, 5.41) is 3.01. The van der Waals surface area contributed by atoms with Crippen molar-refractivity contribution < 1.29 is 8.95 Å². The number of ether oxygens (including phenoxy) is 1. The van der Waals surface area contributed by atoms with E-state index in [2.05, 4.69) is 5.32 Å². The minimum Gasteiger partial charge on any atom is -0.362 e. The molecule has 3 nitrogen and oxygen atoms in total. The van der Waals surface area contributed by atoms with Crippen LogP contribution in [0, 0.1) is 0 Å². The Morgan fingerprint density at radius 3 is 2.71 bits per heavy atom. The Bertz CT molecular complexity index is 324.